The molecule has 0 heterocycles. The minimum absolute atomic E-state index is 0.917. The van der Waals surface area contributed by atoms with Crippen LogP contribution in [0.15, 0.2) is 0 Å². The molecule has 194 valence electrons. The molecule has 0 fully saturated rings. The molecule has 22 heteroatoms. The van der Waals surface area contributed by atoms with Crippen LogP contribution in [-0.2, 0) is 0 Å². The highest BCUT2D eigenvalue weighted by Crippen LogP contribution is 2.66. The van der Waals surface area contributed by atoms with Crippen LogP contribution < -0.4 is 0 Å². The third kappa shape index (κ3) is 3.64. The minimum Gasteiger partial charge on any atom is -0.349 e. The molecular formula is C10HF20IO. The van der Waals surface area contributed by atoms with E-state index in [-0.39, 0.29) is 0 Å². The summed E-state index contributed by atoms with van der Waals surface area (Å²) in [4.78, 5) is 0. The molecular weight excluding hydrogens is 643 g/mol. The molecule has 0 saturated heterocycles. The molecule has 0 radical (unpaired) electrons. The van der Waals surface area contributed by atoms with Crippen LogP contribution in [0.25, 0.3) is 0 Å². The van der Waals surface area contributed by atoms with E-state index in [4.69, 9.17) is 5.11 Å². The van der Waals surface area contributed by atoms with Crippen molar-refractivity contribution < 1.29 is 92.9 Å². The van der Waals surface area contributed by atoms with Crippen molar-refractivity contribution in [3.05, 3.63) is 0 Å². The zero-order valence-corrected chi connectivity index (χ0v) is 15.5. The van der Waals surface area contributed by atoms with E-state index in [1.807, 2.05) is 0 Å². The molecule has 0 aromatic carbocycles. The Balaban J connectivity index is 7.00. The van der Waals surface area contributed by atoms with Crippen LogP contribution in [-0.4, -0.2) is 62.5 Å². The number of aliphatic hydroxyl groups is 1. The second kappa shape index (κ2) is 7.39. The summed E-state index contributed by atoms with van der Waals surface area (Å²) in [5.74, 6) is -69.1. The second-order valence-electron chi connectivity index (χ2n) is 5.63. The first-order valence-electron chi connectivity index (χ1n) is 6.44. The van der Waals surface area contributed by atoms with Gasteiger partial charge in [0.15, 0.2) is 0 Å². The Morgan fingerprint density at radius 2 is 0.469 bits per heavy atom. The van der Waals surface area contributed by atoms with Gasteiger partial charge in [-0.2, -0.15) is 87.8 Å². The molecule has 1 atom stereocenters. The summed E-state index contributed by atoms with van der Waals surface area (Å²) in [5, 5.41) is 8.03. The van der Waals surface area contributed by atoms with Gasteiger partial charge in [0.05, 0.1) is 0 Å². The predicted molar refractivity (Wildman–Crippen MR) is 65.7 cm³/mol. The van der Waals surface area contributed by atoms with Crippen molar-refractivity contribution in [2.75, 3.05) is 0 Å². The Labute approximate surface area is 173 Å². The van der Waals surface area contributed by atoms with Crippen LogP contribution in [0.5, 0.6) is 0 Å². The lowest BCUT2D eigenvalue weighted by Gasteiger charge is -2.44. The fourth-order valence-corrected chi connectivity index (χ4v) is 1.89. The molecule has 0 bridgehead atoms. The minimum atomic E-state index is -9.08. The molecule has 1 nitrogen and oxygen atoms in total. The fraction of sp³-hybridized carbons (Fsp3) is 1.00. The van der Waals surface area contributed by atoms with Crippen molar-refractivity contribution in [2.45, 2.75) is 57.4 Å². The number of alkyl halides is 21. The van der Waals surface area contributed by atoms with E-state index in [1.54, 1.807) is 0 Å². The third-order valence-electron chi connectivity index (χ3n) is 3.49. The second-order valence-corrected chi connectivity index (χ2v) is 7.06. The average Bonchev–Trinajstić information content (AvgIpc) is 2.51. The van der Waals surface area contributed by atoms with Crippen molar-refractivity contribution >= 4 is 22.6 Å². The van der Waals surface area contributed by atoms with Crippen LogP contribution >= 0.6 is 22.6 Å². The molecule has 0 spiro atoms. The Hall–Kier alpha value is -0.710. The van der Waals surface area contributed by atoms with Crippen LogP contribution in [0.1, 0.15) is 0 Å². The molecule has 0 aromatic rings. The first kappa shape index (κ1) is 31.3. The standard InChI is InChI=1S/C10HF20IO/c11-1(12,3(15,16)5(19,20)7(23,24)9(27,28)29)2(13,14)4(17,18)6(21,22)8(25,26)10(30,31)32/h32H. The molecule has 0 rings (SSSR count). The highest BCUT2D eigenvalue weighted by molar-refractivity contribution is 14.1. The van der Waals surface area contributed by atoms with Crippen molar-refractivity contribution in [3.8, 4) is 0 Å². The number of hydrogen-bond acceptors (Lipinski definition) is 1. The molecule has 1 N–H and O–H groups in total. The van der Waals surface area contributed by atoms with E-state index in [9.17, 15) is 87.8 Å². The Morgan fingerprint density at radius 3 is 0.625 bits per heavy atom. The van der Waals surface area contributed by atoms with Gasteiger partial charge in [-0.05, 0) is 0 Å². The fourth-order valence-electron chi connectivity index (χ4n) is 1.55. The maximum atomic E-state index is 13.2. The largest absolute Gasteiger partial charge is 0.460 e. The topological polar surface area (TPSA) is 20.2 Å². The normalized spacial score (nSPS) is 18.6. The molecule has 0 aliphatic rings. The van der Waals surface area contributed by atoms with E-state index in [0.717, 1.165) is 0 Å². The van der Waals surface area contributed by atoms with Crippen molar-refractivity contribution in [1.82, 2.24) is 0 Å². The monoisotopic (exact) mass is 644 g/mol. The Bertz CT molecular complexity index is 638. The molecule has 32 heavy (non-hydrogen) atoms. The molecule has 0 aromatic heterocycles. The van der Waals surface area contributed by atoms with E-state index < -0.39 is 80.0 Å². The van der Waals surface area contributed by atoms with E-state index >= 15 is 0 Å². The van der Waals surface area contributed by atoms with Gasteiger partial charge in [-0.25, -0.2) is 0 Å². The van der Waals surface area contributed by atoms with Gasteiger partial charge in [-0.1, -0.05) is 0 Å². The van der Waals surface area contributed by atoms with Crippen molar-refractivity contribution in [1.29, 1.82) is 0 Å². The molecule has 0 aliphatic heterocycles. The van der Waals surface area contributed by atoms with Gasteiger partial charge < -0.3 is 5.11 Å². The van der Waals surface area contributed by atoms with Gasteiger partial charge in [0.1, 0.15) is 0 Å². The van der Waals surface area contributed by atoms with E-state index in [1.165, 1.54) is 0 Å². The average molecular weight is 644 g/mol. The summed E-state index contributed by atoms with van der Waals surface area (Å²) >= 11 is -0.917. The van der Waals surface area contributed by atoms with E-state index in [0.29, 0.717) is 0 Å². The van der Waals surface area contributed by atoms with Crippen molar-refractivity contribution in [3.63, 3.8) is 0 Å². The Morgan fingerprint density at radius 1 is 0.312 bits per heavy atom. The summed E-state index contributed by atoms with van der Waals surface area (Å²) in [6.07, 6.45) is -7.96. The summed E-state index contributed by atoms with van der Waals surface area (Å²) < 4.78 is 251. The lowest BCUT2D eigenvalue weighted by Crippen LogP contribution is -2.76. The van der Waals surface area contributed by atoms with Crippen molar-refractivity contribution in [2.24, 2.45) is 0 Å². The zero-order valence-electron chi connectivity index (χ0n) is 13.4. The maximum absolute atomic E-state index is 13.2. The number of hydrogen-bond donors (Lipinski definition) is 1. The molecule has 0 saturated carbocycles. The van der Waals surface area contributed by atoms with Gasteiger partial charge in [-0.3, -0.25) is 0 Å². The molecule has 0 amide bonds. The van der Waals surface area contributed by atoms with Crippen LogP contribution in [0, 0.1) is 0 Å². The first-order valence-corrected chi connectivity index (χ1v) is 7.52. The van der Waals surface area contributed by atoms with Crippen LogP contribution in [0.3, 0.4) is 0 Å². The zero-order chi connectivity index (χ0) is 27.0. The first-order chi connectivity index (χ1) is 13.2. The lowest BCUT2D eigenvalue weighted by atomic mass is 9.87. The smallest absolute Gasteiger partial charge is 0.349 e. The van der Waals surface area contributed by atoms with Crippen LogP contribution in [0.2, 0.25) is 0 Å². The number of halogens is 21. The van der Waals surface area contributed by atoms with Crippen LogP contribution in [0.4, 0.5) is 87.8 Å². The summed E-state index contributed by atoms with van der Waals surface area (Å²) in [7, 11) is 0. The highest BCUT2D eigenvalue weighted by atomic mass is 127. The third-order valence-corrected chi connectivity index (χ3v) is 4.17. The summed E-state index contributed by atoms with van der Waals surface area (Å²) in [6.45, 7) is 0. The van der Waals surface area contributed by atoms with Gasteiger partial charge in [0.25, 0.3) is 0 Å². The molecule has 0 aliphatic carbocycles. The summed E-state index contributed by atoms with van der Waals surface area (Å²) in [5.41, 5.74) is 0. The maximum Gasteiger partial charge on any atom is 0.460 e. The number of rotatable bonds is 8. The van der Waals surface area contributed by atoms with Gasteiger partial charge in [0.2, 0.25) is 0 Å². The molecule has 1 unspecified atom stereocenters. The van der Waals surface area contributed by atoms with Gasteiger partial charge in [0, 0.05) is 22.6 Å². The quantitative estimate of drug-likeness (QED) is 0.178. The lowest BCUT2D eigenvalue weighted by molar-refractivity contribution is -0.472. The summed E-state index contributed by atoms with van der Waals surface area (Å²) in [6, 6.07) is 0. The van der Waals surface area contributed by atoms with E-state index in [2.05, 4.69) is 0 Å². The highest BCUT2D eigenvalue weighted by Gasteiger charge is 2.97. The predicted octanol–water partition coefficient (Wildman–Crippen LogP) is 6.68. The Kier molecular flexibility index (Phi) is 7.23. The SMILES string of the molecule is OC(F)(I)C(F)(F)C(F)(F)C(F)(F)C(F)(F)C(F)(F)C(F)(F)C(F)(F)C(F)(F)C(F)(F)F. The van der Waals surface area contributed by atoms with Gasteiger partial charge in [-0.15, -0.1) is 0 Å². The van der Waals surface area contributed by atoms with Gasteiger partial charge >= 0.3 is 57.4 Å².